The number of nitrogens with zero attached hydrogens (tertiary/aromatic N) is 1. The minimum absolute atomic E-state index is 0.0683. The van der Waals surface area contributed by atoms with Gasteiger partial charge in [-0.05, 0) is 26.7 Å². The van der Waals surface area contributed by atoms with Crippen molar-refractivity contribution in [2.45, 2.75) is 45.4 Å². The van der Waals surface area contributed by atoms with Gasteiger partial charge in [0.05, 0.1) is 21.9 Å². The first kappa shape index (κ1) is 13.4. The number of hydrogen-bond donors (Lipinski definition) is 2. The summed E-state index contributed by atoms with van der Waals surface area (Å²) < 4.78 is 15.0. The van der Waals surface area contributed by atoms with E-state index in [1.165, 1.54) is 0 Å². The molecule has 0 fully saturated rings. The van der Waals surface area contributed by atoms with Crippen LogP contribution < -0.4 is 4.72 Å². The maximum atomic E-state index is 12.0. The van der Waals surface area contributed by atoms with Crippen LogP contribution in [0.1, 0.15) is 46.2 Å². The zero-order chi connectivity index (χ0) is 12.3. The molecule has 0 saturated heterocycles. The molecule has 5 heteroatoms. The SMILES string of the molecule is CC(C)[C@H](NS(=O)C(C)(C)C)c1cn[nH]c1. The monoisotopic (exact) mass is 243 g/mol. The standard InChI is InChI=1S/C11H21N3OS/c1-8(2)10(9-6-12-13-7-9)14-16(15)11(3,4)5/h6-8,10,14H,1-5H3,(H,12,13)/t10-,16?/m0/s1. The number of H-pyrrole nitrogens is 1. The molecule has 0 bridgehead atoms. The lowest BCUT2D eigenvalue weighted by molar-refractivity contribution is 0.473. The minimum atomic E-state index is -1.06. The predicted molar refractivity (Wildman–Crippen MR) is 67.2 cm³/mol. The van der Waals surface area contributed by atoms with Gasteiger partial charge in [-0.2, -0.15) is 5.10 Å². The largest absolute Gasteiger partial charge is 0.285 e. The predicted octanol–water partition coefficient (Wildman–Crippen LogP) is 2.16. The Bertz CT molecular complexity index is 341. The fourth-order valence-electron chi connectivity index (χ4n) is 1.31. The van der Waals surface area contributed by atoms with Crippen LogP contribution in [0.2, 0.25) is 0 Å². The van der Waals surface area contributed by atoms with Crippen molar-refractivity contribution in [2.75, 3.05) is 0 Å². The minimum Gasteiger partial charge on any atom is -0.285 e. The maximum Gasteiger partial charge on any atom is 0.0976 e. The maximum absolute atomic E-state index is 12.0. The van der Waals surface area contributed by atoms with Gasteiger partial charge in [-0.15, -0.1) is 0 Å². The third-order valence-electron chi connectivity index (χ3n) is 2.34. The third-order valence-corrected chi connectivity index (χ3v) is 3.92. The van der Waals surface area contributed by atoms with Crippen LogP contribution in [0.4, 0.5) is 0 Å². The highest BCUT2D eigenvalue weighted by atomic mass is 32.2. The van der Waals surface area contributed by atoms with Gasteiger partial charge in [-0.3, -0.25) is 5.10 Å². The van der Waals surface area contributed by atoms with Crippen LogP contribution in [0, 0.1) is 5.92 Å². The Hall–Kier alpha value is -0.680. The second kappa shape index (κ2) is 5.10. The Morgan fingerprint density at radius 2 is 2.06 bits per heavy atom. The van der Waals surface area contributed by atoms with Gasteiger partial charge in [-0.25, -0.2) is 8.93 Å². The van der Waals surface area contributed by atoms with Gasteiger partial charge in [0.25, 0.3) is 0 Å². The molecule has 1 unspecified atom stereocenters. The number of aromatic amines is 1. The summed E-state index contributed by atoms with van der Waals surface area (Å²) in [6.45, 7) is 10.1. The normalized spacial score (nSPS) is 16.4. The summed E-state index contributed by atoms with van der Waals surface area (Å²) in [7, 11) is -1.06. The Morgan fingerprint density at radius 1 is 1.44 bits per heavy atom. The highest BCUT2D eigenvalue weighted by Crippen LogP contribution is 2.23. The van der Waals surface area contributed by atoms with Crippen molar-refractivity contribution in [3.05, 3.63) is 18.0 Å². The average molecular weight is 243 g/mol. The number of aromatic nitrogens is 2. The second-order valence-corrected chi connectivity index (χ2v) is 7.25. The molecular formula is C11H21N3OS. The zero-order valence-electron chi connectivity index (χ0n) is 10.6. The third kappa shape index (κ3) is 3.42. The van der Waals surface area contributed by atoms with Gasteiger partial charge in [0.1, 0.15) is 0 Å². The van der Waals surface area contributed by atoms with Crippen molar-refractivity contribution >= 4 is 11.0 Å². The van der Waals surface area contributed by atoms with Crippen LogP contribution in [0.5, 0.6) is 0 Å². The summed E-state index contributed by atoms with van der Waals surface area (Å²) >= 11 is 0. The van der Waals surface area contributed by atoms with E-state index in [1.54, 1.807) is 6.20 Å². The molecular weight excluding hydrogens is 222 g/mol. The fourth-order valence-corrected chi connectivity index (χ4v) is 2.30. The van der Waals surface area contributed by atoms with Gasteiger partial charge in [0.2, 0.25) is 0 Å². The average Bonchev–Trinajstić information content (AvgIpc) is 2.63. The highest BCUT2D eigenvalue weighted by molar-refractivity contribution is 7.84. The van der Waals surface area contributed by atoms with E-state index in [0.717, 1.165) is 5.56 Å². The van der Waals surface area contributed by atoms with Crippen molar-refractivity contribution in [3.8, 4) is 0 Å². The van der Waals surface area contributed by atoms with E-state index in [9.17, 15) is 4.21 Å². The van der Waals surface area contributed by atoms with Crippen molar-refractivity contribution in [3.63, 3.8) is 0 Å². The topological polar surface area (TPSA) is 57.8 Å². The van der Waals surface area contributed by atoms with E-state index in [4.69, 9.17) is 0 Å². The summed E-state index contributed by atoms with van der Waals surface area (Å²) in [5, 5.41) is 6.72. The molecule has 1 aromatic heterocycles. The van der Waals surface area contributed by atoms with Crippen LogP contribution in [-0.4, -0.2) is 19.2 Å². The molecule has 0 radical (unpaired) electrons. The van der Waals surface area contributed by atoms with Gasteiger partial charge < -0.3 is 0 Å². The van der Waals surface area contributed by atoms with Crippen molar-refractivity contribution in [1.82, 2.24) is 14.9 Å². The molecule has 2 atom stereocenters. The van der Waals surface area contributed by atoms with E-state index in [2.05, 4.69) is 28.8 Å². The van der Waals surface area contributed by atoms with Crippen LogP contribution in [0.3, 0.4) is 0 Å². The van der Waals surface area contributed by atoms with Crippen LogP contribution >= 0.6 is 0 Å². The van der Waals surface area contributed by atoms with Gasteiger partial charge in [0.15, 0.2) is 0 Å². The summed E-state index contributed by atoms with van der Waals surface area (Å²) in [5.41, 5.74) is 1.05. The van der Waals surface area contributed by atoms with Crippen molar-refractivity contribution < 1.29 is 4.21 Å². The molecule has 2 N–H and O–H groups in total. The molecule has 1 aromatic rings. The molecule has 92 valence electrons. The zero-order valence-corrected chi connectivity index (χ0v) is 11.4. The van der Waals surface area contributed by atoms with Crippen LogP contribution in [0.15, 0.2) is 12.4 Å². The highest BCUT2D eigenvalue weighted by Gasteiger charge is 2.25. The molecule has 0 saturated carbocycles. The van der Waals surface area contributed by atoms with Gasteiger partial charge in [0, 0.05) is 17.8 Å². The first-order valence-corrected chi connectivity index (χ1v) is 6.64. The van der Waals surface area contributed by atoms with Gasteiger partial charge in [-0.1, -0.05) is 13.8 Å². The Labute approximate surface area is 99.8 Å². The summed E-state index contributed by atoms with van der Waals surface area (Å²) in [6.07, 6.45) is 3.62. The van der Waals surface area contributed by atoms with E-state index in [1.807, 2.05) is 27.0 Å². The molecule has 1 heterocycles. The number of nitrogens with one attached hydrogen (secondary N) is 2. The van der Waals surface area contributed by atoms with E-state index >= 15 is 0 Å². The lowest BCUT2D eigenvalue weighted by Crippen LogP contribution is -2.37. The molecule has 1 rings (SSSR count). The summed E-state index contributed by atoms with van der Waals surface area (Å²) in [5.74, 6) is 0.365. The molecule has 4 nitrogen and oxygen atoms in total. The lowest BCUT2D eigenvalue weighted by atomic mass is 10.0. The van der Waals surface area contributed by atoms with E-state index in [0.29, 0.717) is 5.92 Å². The Balaban J connectivity index is 2.78. The van der Waals surface area contributed by atoms with Crippen molar-refractivity contribution in [1.29, 1.82) is 0 Å². The molecule has 0 aromatic carbocycles. The second-order valence-electron chi connectivity index (χ2n) is 5.25. The van der Waals surface area contributed by atoms with E-state index in [-0.39, 0.29) is 10.8 Å². The smallest absolute Gasteiger partial charge is 0.0976 e. The quantitative estimate of drug-likeness (QED) is 0.851. The molecule has 0 spiro atoms. The Kier molecular flexibility index (Phi) is 4.27. The number of hydrogen-bond acceptors (Lipinski definition) is 2. The Morgan fingerprint density at radius 3 is 2.44 bits per heavy atom. The molecule has 0 amide bonds. The molecule has 0 aliphatic heterocycles. The molecule has 0 aliphatic carbocycles. The first-order chi connectivity index (χ1) is 7.32. The fraction of sp³-hybridized carbons (Fsp3) is 0.727. The van der Waals surface area contributed by atoms with E-state index < -0.39 is 11.0 Å². The lowest BCUT2D eigenvalue weighted by Gasteiger charge is -2.25. The van der Waals surface area contributed by atoms with Crippen molar-refractivity contribution in [2.24, 2.45) is 5.92 Å². The van der Waals surface area contributed by atoms with Gasteiger partial charge >= 0.3 is 0 Å². The first-order valence-electron chi connectivity index (χ1n) is 5.49. The van der Waals surface area contributed by atoms with Crippen LogP contribution in [-0.2, 0) is 11.0 Å². The van der Waals surface area contributed by atoms with Crippen LogP contribution in [0.25, 0.3) is 0 Å². The summed E-state index contributed by atoms with van der Waals surface area (Å²) in [6, 6.07) is 0.0683. The number of rotatable bonds is 4. The molecule has 16 heavy (non-hydrogen) atoms. The molecule has 0 aliphatic rings. The summed E-state index contributed by atoms with van der Waals surface area (Å²) in [4.78, 5) is 0.